The van der Waals surface area contributed by atoms with Gasteiger partial charge in [0.15, 0.2) is 0 Å². The van der Waals surface area contributed by atoms with Gasteiger partial charge < -0.3 is 10.2 Å². The average Bonchev–Trinajstić information content (AvgIpc) is 3.07. The Hall–Kier alpha value is -2.22. The zero-order chi connectivity index (χ0) is 19.2. The van der Waals surface area contributed by atoms with Gasteiger partial charge in [0, 0.05) is 16.5 Å². The molecule has 1 aromatic rings. The molecular weight excluding hydrogens is 328 g/mol. The number of fused-ring (bicyclic) bond motifs is 6. The van der Waals surface area contributed by atoms with Crippen LogP contribution in [0.15, 0.2) is 72.6 Å². The summed E-state index contributed by atoms with van der Waals surface area (Å²) >= 11 is 0. The van der Waals surface area contributed by atoms with Gasteiger partial charge in [-0.25, -0.2) is 0 Å². The summed E-state index contributed by atoms with van der Waals surface area (Å²) < 4.78 is 0. The van der Waals surface area contributed by atoms with Gasteiger partial charge in [-0.05, 0) is 49.0 Å². The lowest BCUT2D eigenvalue weighted by atomic mass is 9.47. The number of nitrogens with zero attached hydrogens (tertiary/aromatic N) is 1. The van der Waals surface area contributed by atoms with Crippen molar-refractivity contribution in [1.82, 2.24) is 5.32 Å². The molecule has 0 aromatic heterocycles. The summed E-state index contributed by atoms with van der Waals surface area (Å²) in [5, 5.41) is 3.91. The Bertz CT molecular complexity index is 846. The number of nitrogens with one attached hydrogen (secondary N) is 1. The molecule has 3 unspecified atom stereocenters. The summed E-state index contributed by atoms with van der Waals surface area (Å²) in [6.45, 7) is 15.5. The third-order valence-electron chi connectivity index (χ3n) is 7.20. The molecule has 3 aliphatic rings. The second-order valence-corrected chi connectivity index (χ2v) is 8.16. The van der Waals surface area contributed by atoms with Gasteiger partial charge in [0.25, 0.3) is 0 Å². The van der Waals surface area contributed by atoms with Crippen molar-refractivity contribution >= 4 is 5.69 Å². The largest absolute Gasteiger partial charge is 0.362 e. The molecule has 1 N–H and O–H groups in total. The molecule has 142 valence electrons. The summed E-state index contributed by atoms with van der Waals surface area (Å²) in [6.07, 6.45) is 12.8. The van der Waals surface area contributed by atoms with Crippen LogP contribution < -0.4 is 10.2 Å². The third kappa shape index (κ3) is 2.13. The second-order valence-electron chi connectivity index (χ2n) is 8.16. The Labute approximate surface area is 164 Å². The van der Waals surface area contributed by atoms with E-state index in [-0.39, 0.29) is 17.0 Å². The minimum atomic E-state index is 0.0944. The molecule has 1 aliphatic carbocycles. The highest BCUT2D eigenvalue weighted by Gasteiger charge is 2.64. The van der Waals surface area contributed by atoms with Crippen molar-refractivity contribution in [3.63, 3.8) is 0 Å². The molecule has 2 nitrogen and oxygen atoms in total. The molecule has 1 aromatic carbocycles. The normalized spacial score (nSPS) is 30.2. The van der Waals surface area contributed by atoms with E-state index in [1.165, 1.54) is 41.1 Å². The van der Waals surface area contributed by atoms with E-state index in [2.05, 4.69) is 80.6 Å². The Morgan fingerprint density at radius 3 is 2.56 bits per heavy atom. The van der Waals surface area contributed by atoms with E-state index in [0.29, 0.717) is 0 Å². The summed E-state index contributed by atoms with van der Waals surface area (Å²) in [6, 6.07) is 8.94. The fourth-order valence-corrected chi connectivity index (χ4v) is 5.66. The molecular formula is C25H32N2. The minimum Gasteiger partial charge on any atom is -0.362 e. The van der Waals surface area contributed by atoms with Gasteiger partial charge in [0.2, 0.25) is 0 Å². The molecule has 0 amide bonds. The molecule has 2 heterocycles. The van der Waals surface area contributed by atoms with Crippen molar-refractivity contribution in [1.29, 1.82) is 0 Å². The smallest absolute Gasteiger partial charge is 0.114 e. The van der Waals surface area contributed by atoms with Crippen LogP contribution in [0.25, 0.3) is 0 Å². The summed E-state index contributed by atoms with van der Waals surface area (Å²) in [5.74, 6) is 0. The lowest BCUT2D eigenvalue weighted by Gasteiger charge is -2.62. The Morgan fingerprint density at radius 1 is 1.19 bits per heavy atom. The zero-order valence-corrected chi connectivity index (χ0v) is 17.0. The van der Waals surface area contributed by atoms with Crippen LogP contribution in [-0.4, -0.2) is 6.17 Å². The van der Waals surface area contributed by atoms with Crippen LogP contribution in [0.1, 0.15) is 58.4 Å². The predicted molar refractivity (Wildman–Crippen MR) is 116 cm³/mol. The van der Waals surface area contributed by atoms with Crippen LogP contribution in [0.5, 0.6) is 0 Å². The Morgan fingerprint density at radius 2 is 1.96 bits per heavy atom. The standard InChI is InChI=1S/C25H32N2/c1-6-10-13-18(5)22-20(7-2)27-21-15-12-11-14-19(21)24(8-3)16-17-25(24,9-4)23(27)26-22/h7,11-12,14-17,23,26H,2,5-6,8-10,13H2,1,3-4H3. The number of unbranched alkanes of at least 4 members (excludes halogenated alkanes) is 1. The number of hydrogen-bond acceptors (Lipinski definition) is 2. The minimum absolute atomic E-state index is 0.0944. The first-order valence-corrected chi connectivity index (χ1v) is 10.5. The fraction of sp³-hybridized carbons (Fsp3) is 0.440. The quantitative estimate of drug-likeness (QED) is 0.583. The van der Waals surface area contributed by atoms with E-state index in [0.717, 1.165) is 19.3 Å². The first-order chi connectivity index (χ1) is 13.1. The van der Waals surface area contributed by atoms with Gasteiger partial charge in [-0.3, -0.25) is 0 Å². The van der Waals surface area contributed by atoms with Crippen molar-refractivity contribution < 1.29 is 0 Å². The van der Waals surface area contributed by atoms with E-state index in [1.807, 2.05) is 6.08 Å². The highest BCUT2D eigenvalue weighted by molar-refractivity contribution is 5.73. The number of anilines is 1. The van der Waals surface area contributed by atoms with Gasteiger partial charge in [0.1, 0.15) is 6.17 Å². The molecule has 2 aliphatic heterocycles. The predicted octanol–water partition coefficient (Wildman–Crippen LogP) is 6.19. The Balaban J connectivity index is 1.89. The van der Waals surface area contributed by atoms with Crippen molar-refractivity contribution in [2.75, 3.05) is 4.90 Å². The molecule has 0 radical (unpaired) electrons. The monoisotopic (exact) mass is 360 g/mol. The lowest BCUT2D eigenvalue weighted by molar-refractivity contribution is 0.109. The number of benzene rings is 1. The first kappa shape index (κ1) is 18.2. The number of rotatable bonds is 7. The van der Waals surface area contributed by atoms with Gasteiger partial charge >= 0.3 is 0 Å². The van der Waals surface area contributed by atoms with E-state index in [4.69, 9.17) is 0 Å². The molecule has 4 rings (SSSR count). The summed E-state index contributed by atoms with van der Waals surface area (Å²) in [5.41, 5.74) is 6.56. The summed E-state index contributed by atoms with van der Waals surface area (Å²) in [4.78, 5) is 2.50. The average molecular weight is 361 g/mol. The number of allylic oxidation sites excluding steroid dienone is 3. The maximum Gasteiger partial charge on any atom is 0.114 e. The second kappa shape index (κ2) is 6.44. The van der Waals surface area contributed by atoms with Crippen molar-refractivity contribution in [3.05, 3.63) is 78.2 Å². The molecule has 3 atom stereocenters. The fourth-order valence-electron chi connectivity index (χ4n) is 5.66. The van der Waals surface area contributed by atoms with Gasteiger partial charge in [-0.1, -0.05) is 70.7 Å². The third-order valence-corrected chi connectivity index (χ3v) is 7.20. The van der Waals surface area contributed by atoms with Crippen molar-refractivity contribution in [2.24, 2.45) is 5.41 Å². The molecule has 0 spiro atoms. The van der Waals surface area contributed by atoms with E-state index in [9.17, 15) is 0 Å². The van der Waals surface area contributed by atoms with Crippen LogP contribution in [0.2, 0.25) is 0 Å². The van der Waals surface area contributed by atoms with Gasteiger partial charge in [-0.15, -0.1) is 0 Å². The van der Waals surface area contributed by atoms with Gasteiger partial charge in [0.05, 0.1) is 11.4 Å². The van der Waals surface area contributed by atoms with Crippen LogP contribution >= 0.6 is 0 Å². The number of hydrogen-bond donors (Lipinski definition) is 1. The molecule has 0 saturated carbocycles. The lowest BCUT2D eigenvalue weighted by Crippen LogP contribution is -2.66. The van der Waals surface area contributed by atoms with E-state index < -0.39 is 0 Å². The highest BCUT2D eigenvalue weighted by atomic mass is 15.4. The summed E-state index contributed by atoms with van der Waals surface area (Å²) in [7, 11) is 0. The van der Waals surface area contributed by atoms with Crippen LogP contribution in [0.3, 0.4) is 0 Å². The molecule has 2 heteroatoms. The van der Waals surface area contributed by atoms with E-state index in [1.54, 1.807) is 0 Å². The van der Waals surface area contributed by atoms with Crippen LogP contribution in [0, 0.1) is 5.41 Å². The highest BCUT2D eigenvalue weighted by Crippen LogP contribution is 2.65. The molecule has 0 bridgehead atoms. The van der Waals surface area contributed by atoms with Crippen LogP contribution in [0.4, 0.5) is 5.69 Å². The van der Waals surface area contributed by atoms with Crippen LogP contribution in [-0.2, 0) is 5.41 Å². The molecule has 0 fully saturated rings. The molecule has 27 heavy (non-hydrogen) atoms. The maximum atomic E-state index is 4.42. The topological polar surface area (TPSA) is 15.3 Å². The SMILES string of the molecule is C=CC1=C(C(=C)CCCC)NC2N1c1ccccc1C1(CC)C=CC21CC. The van der Waals surface area contributed by atoms with Crippen molar-refractivity contribution in [2.45, 2.75) is 64.5 Å². The van der Waals surface area contributed by atoms with Crippen molar-refractivity contribution in [3.8, 4) is 0 Å². The van der Waals surface area contributed by atoms with E-state index >= 15 is 0 Å². The van der Waals surface area contributed by atoms with Gasteiger partial charge in [-0.2, -0.15) is 0 Å². The maximum absolute atomic E-state index is 4.42. The Kier molecular flexibility index (Phi) is 4.33. The first-order valence-electron chi connectivity index (χ1n) is 10.5. The molecule has 0 saturated heterocycles. The number of para-hydroxylation sites is 1. The zero-order valence-electron chi connectivity index (χ0n) is 17.0.